The summed E-state index contributed by atoms with van der Waals surface area (Å²) < 4.78 is 0. The lowest BCUT2D eigenvalue weighted by Gasteiger charge is -2.28. The van der Waals surface area contributed by atoms with E-state index in [2.05, 4.69) is 57.3 Å². The molecule has 0 aromatic heterocycles. The van der Waals surface area contributed by atoms with Crippen LogP contribution in [0.3, 0.4) is 0 Å². The molecule has 0 aliphatic heterocycles. The van der Waals surface area contributed by atoms with E-state index in [-0.39, 0.29) is 5.41 Å². The average Bonchev–Trinajstić information content (AvgIpc) is 2.81. The Labute approximate surface area is 112 Å². The number of rotatable bonds is 3. The van der Waals surface area contributed by atoms with Gasteiger partial charge in [0.2, 0.25) is 0 Å². The summed E-state index contributed by atoms with van der Waals surface area (Å²) in [7, 11) is 0. The van der Waals surface area contributed by atoms with Crippen molar-refractivity contribution in [1.82, 2.24) is 0 Å². The Kier molecular flexibility index (Phi) is 3.99. The second-order valence-electron chi connectivity index (χ2n) is 6.77. The van der Waals surface area contributed by atoms with Gasteiger partial charge < -0.3 is 5.32 Å². The third kappa shape index (κ3) is 3.07. The molecule has 0 radical (unpaired) electrons. The highest BCUT2D eigenvalue weighted by Gasteiger charge is 2.23. The molecule has 1 heteroatoms. The molecule has 2 rings (SSSR count). The van der Waals surface area contributed by atoms with Gasteiger partial charge in [-0.3, -0.25) is 0 Å². The lowest BCUT2D eigenvalue weighted by Crippen LogP contribution is -2.26. The number of benzene rings is 1. The summed E-state index contributed by atoms with van der Waals surface area (Å²) >= 11 is 0. The van der Waals surface area contributed by atoms with Crippen LogP contribution >= 0.6 is 0 Å². The largest absolute Gasteiger partial charge is 0.382 e. The van der Waals surface area contributed by atoms with E-state index >= 15 is 0 Å². The van der Waals surface area contributed by atoms with Crippen LogP contribution in [-0.4, -0.2) is 6.04 Å². The van der Waals surface area contributed by atoms with Crippen molar-refractivity contribution in [2.45, 2.75) is 64.8 Å². The number of para-hydroxylation sites is 1. The van der Waals surface area contributed by atoms with Gasteiger partial charge in [0.05, 0.1) is 0 Å². The summed E-state index contributed by atoms with van der Waals surface area (Å²) in [6.45, 7) is 9.20. The van der Waals surface area contributed by atoms with Gasteiger partial charge in [0, 0.05) is 11.7 Å². The van der Waals surface area contributed by atoms with E-state index in [0.717, 1.165) is 5.92 Å². The second kappa shape index (κ2) is 5.34. The van der Waals surface area contributed by atoms with Gasteiger partial charge in [-0.25, -0.2) is 0 Å². The Hall–Kier alpha value is -0.980. The summed E-state index contributed by atoms with van der Waals surface area (Å²) in [5, 5.41) is 3.76. The zero-order valence-electron chi connectivity index (χ0n) is 12.3. The molecule has 0 bridgehead atoms. The smallest absolute Gasteiger partial charge is 0.0380 e. The molecule has 18 heavy (non-hydrogen) atoms. The molecule has 1 aliphatic carbocycles. The minimum absolute atomic E-state index is 0.207. The molecule has 1 atom stereocenters. The summed E-state index contributed by atoms with van der Waals surface area (Å²) in [6.07, 6.45) is 5.62. The third-order valence-corrected chi connectivity index (χ3v) is 4.23. The molecule has 0 amide bonds. The highest BCUT2D eigenvalue weighted by atomic mass is 14.9. The topological polar surface area (TPSA) is 12.0 Å². The van der Waals surface area contributed by atoms with Gasteiger partial charge >= 0.3 is 0 Å². The standard InChI is InChI=1S/C17H27N/c1-13(14-9-5-6-10-14)18-16-12-8-7-11-15(16)17(2,3)4/h7-8,11-14,18H,5-6,9-10H2,1-4H3. The quantitative estimate of drug-likeness (QED) is 0.792. The average molecular weight is 245 g/mol. The molecule has 1 aliphatic rings. The first-order chi connectivity index (χ1) is 8.48. The number of anilines is 1. The Morgan fingerprint density at radius 2 is 1.72 bits per heavy atom. The van der Waals surface area contributed by atoms with Crippen LogP contribution in [0.5, 0.6) is 0 Å². The van der Waals surface area contributed by atoms with E-state index < -0.39 is 0 Å². The van der Waals surface area contributed by atoms with Crippen molar-refractivity contribution in [2.75, 3.05) is 5.32 Å². The van der Waals surface area contributed by atoms with Gasteiger partial charge in [-0.1, -0.05) is 51.8 Å². The molecule has 1 N–H and O–H groups in total. The predicted molar refractivity (Wildman–Crippen MR) is 80.2 cm³/mol. The fourth-order valence-corrected chi connectivity index (χ4v) is 3.08. The highest BCUT2D eigenvalue weighted by Crippen LogP contribution is 2.33. The van der Waals surface area contributed by atoms with Gasteiger partial charge in [-0.2, -0.15) is 0 Å². The maximum Gasteiger partial charge on any atom is 0.0380 e. The molecular weight excluding hydrogens is 218 g/mol. The first-order valence-corrected chi connectivity index (χ1v) is 7.34. The van der Waals surface area contributed by atoms with Crippen LogP contribution in [0.25, 0.3) is 0 Å². The van der Waals surface area contributed by atoms with Crippen LogP contribution in [0, 0.1) is 5.92 Å². The van der Waals surface area contributed by atoms with Crippen molar-refractivity contribution in [3.63, 3.8) is 0 Å². The van der Waals surface area contributed by atoms with Crippen molar-refractivity contribution in [3.8, 4) is 0 Å². The van der Waals surface area contributed by atoms with Gasteiger partial charge in [0.1, 0.15) is 0 Å². The molecule has 1 unspecified atom stereocenters. The maximum atomic E-state index is 3.76. The first-order valence-electron chi connectivity index (χ1n) is 7.34. The zero-order valence-corrected chi connectivity index (χ0v) is 12.3. The fraction of sp³-hybridized carbons (Fsp3) is 0.647. The highest BCUT2D eigenvalue weighted by molar-refractivity contribution is 5.54. The van der Waals surface area contributed by atoms with Gasteiger partial charge in [0.15, 0.2) is 0 Å². The number of hydrogen-bond donors (Lipinski definition) is 1. The van der Waals surface area contributed by atoms with E-state index in [9.17, 15) is 0 Å². The minimum Gasteiger partial charge on any atom is -0.382 e. The molecule has 1 aromatic rings. The van der Waals surface area contributed by atoms with Crippen LogP contribution in [0.4, 0.5) is 5.69 Å². The van der Waals surface area contributed by atoms with E-state index in [1.54, 1.807) is 0 Å². The van der Waals surface area contributed by atoms with Crippen LogP contribution in [0.15, 0.2) is 24.3 Å². The SMILES string of the molecule is CC(Nc1ccccc1C(C)(C)C)C1CCCC1. The molecular formula is C17H27N. The summed E-state index contributed by atoms with van der Waals surface area (Å²) in [6, 6.07) is 9.36. The van der Waals surface area contributed by atoms with Gasteiger partial charge in [-0.15, -0.1) is 0 Å². The lowest BCUT2D eigenvalue weighted by molar-refractivity contribution is 0.480. The predicted octanol–water partition coefficient (Wildman–Crippen LogP) is 4.97. The normalized spacial score (nSPS) is 18.9. The molecule has 1 nitrogen and oxygen atoms in total. The van der Waals surface area contributed by atoms with Crippen molar-refractivity contribution < 1.29 is 0 Å². The van der Waals surface area contributed by atoms with E-state index in [4.69, 9.17) is 0 Å². The molecule has 0 spiro atoms. The van der Waals surface area contributed by atoms with E-state index in [0.29, 0.717) is 6.04 Å². The maximum absolute atomic E-state index is 3.76. The van der Waals surface area contributed by atoms with Crippen LogP contribution < -0.4 is 5.32 Å². The molecule has 1 saturated carbocycles. The first kappa shape index (κ1) is 13.5. The van der Waals surface area contributed by atoms with Gasteiger partial charge in [-0.05, 0) is 42.7 Å². The van der Waals surface area contributed by atoms with Crippen molar-refractivity contribution in [1.29, 1.82) is 0 Å². The zero-order chi connectivity index (χ0) is 13.2. The number of nitrogens with one attached hydrogen (secondary N) is 1. The van der Waals surface area contributed by atoms with Gasteiger partial charge in [0.25, 0.3) is 0 Å². The lowest BCUT2D eigenvalue weighted by atomic mass is 9.85. The van der Waals surface area contributed by atoms with Crippen molar-refractivity contribution in [2.24, 2.45) is 5.92 Å². The fourth-order valence-electron chi connectivity index (χ4n) is 3.08. The minimum atomic E-state index is 0.207. The third-order valence-electron chi connectivity index (χ3n) is 4.23. The van der Waals surface area contributed by atoms with E-state index in [1.165, 1.54) is 36.9 Å². The van der Waals surface area contributed by atoms with Crippen LogP contribution in [0.1, 0.15) is 58.9 Å². The summed E-state index contributed by atoms with van der Waals surface area (Å²) in [4.78, 5) is 0. The Morgan fingerprint density at radius 1 is 1.11 bits per heavy atom. The monoisotopic (exact) mass is 245 g/mol. The number of hydrogen-bond acceptors (Lipinski definition) is 1. The Morgan fingerprint density at radius 3 is 2.33 bits per heavy atom. The second-order valence-corrected chi connectivity index (χ2v) is 6.77. The molecule has 1 fully saturated rings. The van der Waals surface area contributed by atoms with Crippen molar-refractivity contribution in [3.05, 3.63) is 29.8 Å². The van der Waals surface area contributed by atoms with E-state index in [1.807, 2.05) is 0 Å². The molecule has 100 valence electrons. The summed E-state index contributed by atoms with van der Waals surface area (Å²) in [5.41, 5.74) is 2.96. The molecule has 0 saturated heterocycles. The van der Waals surface area contributed by atoms with Crippen molar-refractivity contribution >= 4 is 5.69 Å². The molecule has 0 heterocycles. The Bertz CT molecular complexity index is 383. The van der Waals surface area contributed by atoms with Crippen LogP contribution in [-0.2, 0) is 5.41 Å². The van der Waals surface area contributed by atoms with Crippen LogP contribution in [0.2, 0.25) is 0 Å². The summed E-state index contributed by atoms with van der Waals surface area (Å²) in [5.74, 6) is 0.859. The molecule has 1 aromatic carbocycles. The Balaban J connectivity index is 2.13.